The second kappa shape index (κ2) is 4.39. The molecule has 0 aliphatic carbocycles. The van der Waals surface area contributed by atoms with E-state index < -0.39 is 17.8 Å². The summed E-state index contributed by atoms with van der Waals surface area (Å²) >= 11 is 5.76. The van der Waals surface area contributed by atoms with E-state index in [2.05, 4.69) is 5.32 Å². The van der Waals surface area contributed by atoms with Crippen molar-refractivity contribution < 1.29 is 9.18 Å². The third-order valence-corrected chi connectivity index (χ3v) is 2.17. The molecule has 3 N–H and O–H groups in total. The third kappa shape index (κ3) is 2.21. The van der Waals surface area contributed by atoms with Gasteiger partial charge in [-0.15, -0.1) is 0 Å². The maximum absolute atomic E-state index is 12.7. The molecule has 1 aromatic carbocycles. The lowest BCUT2D eigenvalue weighted by molar-refractivity contribution is -0.120. The van der Waals surface area contributed by atoms with Crippen molar-refractivity contribution in [3.05, 3.63) is 34.6 Å². The van der Waals surface area contributed by atoms with Gasteiger partial charge < -0.3 is 11.1 Å². The van der Waals surface area contributed by atoms with Crippen LogP contribution in [0, 0.1) is 5.82 Å². The molecule has 14 heavy (non-hydrogen) atoms. The van der Waals surface area contributed by atoms with Gasteiger partial charge in [0.1, 0.15) is 11.9 Å². The molecule has 1 unspecified atom stereocenters. The lowest BCUT2D eigenvalue weighted by atomic mass is 10.1. The molecule has 0 bridgehead atoms. The molecule has 0 saturated carbocycles. The Labute approximate surface area is 86.0 Å². The summed E-state index contributed by atoms with van der Waals surface area (Å²) in [6, 6.07) is 3.12. The fraction of sp³-hybridized carbons (Fsp3) is 0.222. The van der Waals surface area contributed by atoms with Crippen LogP contribution in [0.2, 0.25) is 5.02 Å². The number of primary amides is 1. The second-order valence-electron chi connectivity index (χ2n) is 2.79. The number of halogens is 2. The predicted molar refractivity (Wildman–Crippen MR) is 52.4 cm³/mol. The maximum Gasteiger partial charge on any atom is 0.239 e. The van der Waals surface area contributed by atoms with Crippen molar-refractivity contribution in [3.63, 3.8) is 0 Å². The first-order valence-corrected chi connectivity index (χ1v) is 4.35. The SMILES string of the molecule is CNC(C(N)=O)c1ccc(F)cc1Cl. The van der Waals surface area contributed by atoms with Crippen LogP contribution in [0.15, 0.2) is 18.2 Å². The van der Waals surface area contributed by atoms with E-state index in [1.165, 1.54) is 12.1 Å². The van der Waals surface area contributed by atoms with Crippen molar-refractivity contribution in [2.75, 3.05) is 7.05 Å². The van der Waals surface area contributed by atoms with Gasteiger partial charge in [0.25, 0.3) is 0 Å². The summed E-state index contributed by atoms with van der Waals surface area (Å²) in [5, 5.41) is 2.88. The van der Waals surface area contributed by atoms with Gasteiger partial charge >= 0.3 is 0 Å². The normalized spacial score (nSPS) is 12.5. The molecule has 1 atom stereocenters. The topological polar surface area (TPSA) is 55.1 Å². The first kappa shape index (κ1) is 10.9. The number of carbonyl (C=O) groups excluding carboxylic acids is 1. The zero-order chi connectivity index (χ0) is 10.7. The van der Waals surface area contributed by atoms with Crippen LogP contribution in [-0.2, 0) is 4.79 Å². The number of hydrogen-bond donors (Lipinski definition) is 2. The largest absolute Gasteiger partial charge is 0.368 e. The summed E-state index contributed by atoms with van der Waals surface area (Å²) in [6.07, 6.45) is 0. The minimum absolute atomic E-state index is 0.183. The van der Waals surface area contributed by atoms with Crippen molar-refractivity contribution in [1.82, 2.24) is 5.32 Å². The number of nitrogens with two attached hydrogens (primary N) is 1. The number of likely N-dealkylation sites (N-methyl/N-ethyl adjacent to an activating group) is 1. The maximum atomic E-state index is 12.7. The Balaban J connectivity index is 3.10. The highest BCUT2D eigenvalue weighted by molar-refractivity contribution is 6.31. The molecule has 76 valence electrons. The van der Waals surface area contributed by atoms with Crippen molar-refractivity contribution in [1.29, 1.82) is 0 Å². The van der Waals surface area contributed by atoms with Gasteiger partial charge in [-0.2, -0.15) is 0 Å². The average molecular weight is 217 g/mol. The molecule has 0 fully saturated rings. The van der Waals surface area contributed by atoms with Gasteiger partial charge in [0.2, 0.25) is 5.91 Å². The van der Waals surface area contributed by atoms with Crippen molar-refractivity contribution in [2.24, 2.45) is 5.73 Å². The van der Waals surface area contributed by atoms with Crippen molar-refractivity contribution >= 4 is 17.5 Å². The molecular weight excluding hydrogens is 207 g/mol. The van der Waals surface area contributed by atoms with Gasteiger partial charge in [-0.25, -0.2) is 4.39 Å². The molecule has 1 amide bonds. The number of amides is 1. The smallest absolute Gasteiger partial charge is 0.239 e. The first-order valence-electron chi connectivity index (χ1n) is 3.97. The molecule has 5 heteroatoms. The lowest BCUT2D eigenvalue weighted by Crippen LogP contribution is -2.31. The fourth-order valence-corrected chi connectivity index (χ4v) is 1.46. The van der Waals surface area contributed by atoms with E-state index in [1.54, 1.807) is 7.05 Å². The van der Waals surface area contributed by atoms with Crippen molar-refractivity contribution in [3.8, 4) is 0 Å². The highest BCUT2D eigenvalue weighted by Gasteiger charge is 2.18. The van der Waals surface area contributed by atoms with E-state index in [4.69, 9.17) is 17.3 Å². The minimum Gasteiger partial charge on any atom is -0.368 e. The molecule has 0 spiro atoms. The molecule has 0 aliphatic rings. The van der Waals surface area contributed by atoms with Gasteiger partial charge in [0.15, 0.2) is 0 Å². The summed E-state index contributed by atoms with van der Waals surface area (Å²) < 4.78 is 12.7. The first-order chi connectivity index (χ1) is 6.56. The number of nitrogens with one attached hydrogen (secondary N) is 1. The van der Waals surface area contributed by atoms with Crippen LogP contribution in [0.1, 0.15) is 11.6 Å². The lowest BCUT2D eigenvalue weighted by Gasteiger charge is -2.13. The third-order valence-electron chi connectivity index (χ3n) is 1.85. The summed E-state index contributed by atoms with van der Waals surface area (Å²) in [4.78, 5) is 11.0. The second-order valence-corrected chi connectivity index (χ2v) is 3.20. The zero-order valence-electron chi connectivity index (χ0n) is 7.55. The summed E-state index contributed by atoms with van der Waals surface area (Å²) in [6.45, 7) is 0. The highest BCUT2D eigenvalue weighted by Crippen LogP contribution is 2.23. The standard InChI is InChI=1S/C9H10ClFN2O/c1-13-8(9(12)14)6-3-2-5(11)4-7(6)10/h2-4,8,13H,1H3,(H2,12,14). The Hall–Kier alpha value is -1.13. The average Bonchev–Trinajstić information content (AvgIpc) is 2.09. The van der Waals surface area contributed by atoms with Crippen LogP contribution in [-0.4, -0.2) is 13.0 Å². The van der Waals surface area contributed by atoms with Crippen LogP contribution in [0.3, 0.4) is 0 Å². The molecule has 3 nitrogen and oxygen atoms in total. The van der Waals surface area contributed by atoms with Gasteiger partial charge in [-0.05, 0) is 24.7 Å². The van der Waals surface area contributed by atoms with Gasteiger partial charge in [-0.1, -0.05) is 17.7 Å². The molecule has 1 rings (SSSR count). The Kier molecular flexibility index (Phi) is 3.43. The molecule has 1 aromatic rings. The van der Waals surface area contributed by atoms with Crippen LogP contribution >= 0.6 is 11.6 Å². The van der Waals surface area contributed by atoms with E-state index in [9.17, 15) is 9.18 Å². The van der Waals surface area contributed by atoms with E-state index in [1.807, 2.05) is 0 Å². The molecule has 0 aliphatic heterocycles. The molecule has 0 heterocycles. The van der Waals surface area contributed by atoms with Gasteiger partial charge in [0, 0.05) is 5.02 Å². The fourth-order valence-electron chi connectivity index (χ4n) is 1.19. The number of carbonyl (C=O) groups is 1. The van der Waals surface area contributed by atoms with E-state index in [-0.39, 0.29) is 5.02 Å². The van der Waals surface area contributed by atoms with Crippen molar-refractivity contribution in [2.45, 2.75) is 6.04 Å². The van der Waals surface area contributed by atoms with Crippen LogP contribution in [0.25, 0.3) is 0 Å². The Morgan fingerprint density at radius 2 is 2.29 bits per heavy atom. The summed E-state index contributed by atoms with van der Waals surface area (Å²) in [7, 11) is 1.58. The van der Waals surface area contributed by atoms with E-state index in [0.717, 1.165) is 6.07 Å². The Morgan fingerprint density at radius 1 is 1.64 bits per heavy atom. The Bertz CT molecular complexity index is 357. The predicted octanol–water partition coefficient (Wildman–Crippen LogP) is 1.22. The molecule has 0 aromatic heterocycles. The summed E-state index contributed by atoms with van der Waals surface area (Å²) in [5.74, 6) is -1.00. The molecule has 0 radical (unpaired) electrons. The molecule has 0 saturated heterocycles. The van der Waals surface area contributed by atoms with Crippen LogP contribution in [0.4, 0.5) is 4.39 Å². The minimum atomic E-state index is -0.692. The van der Waals surface area contributed by atoms with E-state index >= 15 is 0 Å². The monoisotopic (exact) mass is 216 g/mol. The quantitative estimate of drug-likeness (QED) is 0.799. The Morgan fingerprint density at radius 3 is 2.71 bits per heavy atom. The number of benzene rings is 1. The molecular formula is C9H10ClFN2O. The highest BCUT2D eigenvalue weighted by atomic mass is 35.5. The van der Waals surface area contributed by atoms with Gasteiger partial charge in [0.05, 0.1) is 0 Å². The number of rotatable bonds is 3. The van der Waals surface area contributed by atoms with Gasteiger partial charge in [-0.3, -0.25) is 4.79 Å². The van der Waals surface area contributed by atoms with Crippen LogP contribution in [0.5, 0.6) is 0 Å². The van der Waals surface area contributed by atoms with E-state index in [0.29, 0.717) is 5.56 Å². The van der Waals surface area contributed by atoms with Crippen LogP contribution < -0.4 is 11.1 Å². The summed E-state index contributed by atoms with van der Waals surface area (Å²) in [5.41, 5.74) is 5.61. The zero-order valence-corrected chi connectivity index (χ0v) is 8.31. The number of hydrogen-bond acceptors (Lipinski definition) is 2.